The largest absolute Gasteiger partial charge is 0.497 e. The van der Waals surface area contributed by atoms with E-state index < -0.39 is 6.17 Å². The average Bonchev–Trinajstić information content (AvgIpc) is 2.18. The van der Waals surface area contributed by atoms with Crippen molar-refractivity contribution in [2.24, 2.45) is 0 Å². The maximum absolute atomic E-state index is 13.2. The van der Waals surface area contributed by atoms with Crippen LogP contribution in [-0.2, 0) is 4.79 Å². The second-order valence-electron chi connectivity index (χ2n) is 2.65. The molecule has 0 aliphatic heterocycles. The van der Waals surface area contributed by atoms with Gasteiger partial charge in [0, 0.05) is 6.42 Å². The van der Waals surface area contributed by atoms with E-state index in [2.05, 4.69) is 0 Å². The number of alkyl halides is 1. The van der Waals surface area contributed by atoms with Gasteiger partial charge in [0.15, 0.2) is 0 Å². The number of hydrogen-bond donors (Lipinski definition) is 0. The van der Waals surface area contributed by atoms with Gasteiger partial charge in [0.25, 0.3) is 0 Å². The van der Waals surface area contributed by atoms with Crippen LogP contribution in [0.4, 0.5) is 4.39 Å². The predicted molar refractivity (Wildman–Crippen MR) is 47.5 cm³/mol. The number of halogens is 1. The number of carbonyl (C=O) groups is 1. The first-order valence-electron chi connectivity index (χ1n) is 3.99. The number of methoxy groups -OCH3 is 1. The molecule has 70 valence electrons. The zero-order valence-electron chi connectivity index (χ0n) is 7.37. The minimum Gasteiger partial charge on any atom is -0.497 e. The van der Waals surface area contributed by atoms with Crippen molar-refractivity contribution in [3.05, 3.63) is 29.8 Å². The van der Waals surface area contributed by atoms with Crippen molar-refractivity contribution >= 4 is 6.29 Å². The fraction of sp³-hybridized carbons (Fsp3) is 0.300. The fourth-order valence-corrected chi connectivity index (χ4v) is 1.06. The molecule has 0 aliphatic carbocycles. The number of hydrogen-bond acceptors (Lipinski definition) is 2. The lowest BCUT2D eigenvalue weighted by Gasteiger charge is -2.06. The standard InChI is InChI=1S/C10H11FO2/c1-13-9-4-2-3-8(7-9)10(11)5-6-12/h2-4,6-7,10H,5H2,1H3. The van der Waals surface area contributed by atoms with Crippen molar-refractivity contribution in [1.82, 2.24) is 0 Å². The van der Waals surface area contributed by atoms with Crippen LogP contribution in [0.1, 0.15) is 18.2 Å². The SMILES string of the molecule is COc1cccc(C(F)CC=O)c1. The van der Waals surface area contributed by atoms with Crippen LogP contribution < -0.4 is 4.74 Å². The third-order valence-electron chi connectivity index (χ3n) is 1.76. The molecule has 0 spiro atoms. The molecule has 3 heteroatoms. The molecule has 1 aromatic rings. The van der Waals surface area contributed by atoms with E-state index in [1.807, 2.05) is 0 Å². The van der Waals surface area contributed by atoms with Crippen LogP contribution in [0.2, 0.25) is 0 Å². The Morgan fingerprint density at radius 1 is 1.62 bits per heavy atom. The van der Waals surface area contributed by atoms with Gasteiger partial charge in [0.2, 0.25) is 0 Å². The van der Waals surface area contributed by atoms with E-state index in [4.69, 9.17) is 4.74 Å². The van der Waals surface area contributed by atoms with Crippen LogP contribution in [0.15, 0.2) is 24.3 Å². The summed E-state index contributed by atoms with van der Waals surface area (Å²) < 4.78 is 18.1. The Kier molecular flexibility index (Phi) is 3.43. The van der Waals surface area contributed by atoms with E-state index in [0.29, 0.717) is 17.6 Å². The molecule has 0 aliphatic rings. The summed E-state index contributed by atoms with van der Waals surface area (Å²) in [5.74, 6) is 0.603. The Bertz CT molecular complexity index is 286. The number of benzene rings is 1. The maximum Gasteiger partial charge on any atom is 0.132 e. The molecule has 1 rings (SSSR count). The molecule has 0 fully saturated rings. The van der Waals surface area contributed by atoms with Gasteiger partial charge < -0.3 is 9.53 Å². The molecule has 0 aromatic heterocycles. The third kappa shape index (κ3) is 2.54. The monoisotopic (exact) mass is 182 g/mol. The number of rotatable bonds is 4. The van der Waals surface area contributed by atoms with E-state index in [1.165, 1.54) is 7.11 Å². The molecule has 1 aromatic carbocycles. The third-order valence-corrected chi connectivity index (χ3v) is 1.76. The molecule has 0 heterocycles. The summed E-state index contributed by atoms with van der Waals surface area (Å²) in [4.78, 5) is 10.1. The summed E-state index contributed by atoms with van der Waals surface area (Å²) >= 11 is 0. The highest BCUT2D eigenvalue weighted by Gasteiger charge is 2.08. The Morgan fingerprint density at radius 2 is 2.38 bits per heavy atom. The smallest absolute Gasteiger partial charge is 0.132 e. The second-order valence-corrected chi connectivity index (χ2v) is 2.65. The summed E-state index contributed by atoms with van der Waals surface area (Å²) in [7, 11) is 1.52. The molecule has 0 saturated heterocycles. The quantitative estimate of drug-likeness (QED) is 0.668. The van der Waals surface area contributed by atoms with Gasteiger partial charge >= 0.3 is 0 Å². The van der Waals surface area contributed by atoms with Gasteiger partial charge in [-0.3, -0.25) is 0 Å². The first-order valence-corrected chi connectivity index (χ1v) is 3.99. The van der Waals surface area contributed by atoms with E-state index in [1.54, 1.807) is 24.3 Å². The Balaban J connectivity index is 2.81. The zero-order valence-corrected chi connectivity index (χ0v) is 7.37. The lowest BCUT2D eigenvalue weighted by atomic mass is 10.1. The highest BCUT2D eigenvalue weighted by Crippen LogP contribution is 2.23. The number of carbonyl (C=O) groups excluding carboxylic acids is 1. The average molecular weight is 182 g/mol. The molecular weight excluding hydrogens is 171 g/mol. The molecule has 0 radical (unpaired) electrons. The van der Waals surface area contributed by atoms with Gasteiger partial charge in [0.1, 0.15) is 18.2 Å². The number of aldehydes is 1. The summed E-state index contributed by atoms with van der Waals surface area (Å²) in [5.41, 5.74) is 0.478. The van der Waals surface area contributed by atoms with Crippen LogP contribution in [0.25, 0.3) is 0 Å². The molecule has 13 heavy (non-hydrogen) atoms. The van der Waals surface area contributed by atoms with E-state index in [0.717, 1.165) is 0 Å². The predicted octanol–water partition coefficient (Wildman–Crippen LogP) is 2.29. The molecule has 0 bridgehead atoms. The highest BCUT2D eigenvalue weighted by atomic mass is 19.1. The summed E-state index contributed by atoms with van der Waals surface area (Å²) in [6.07, 6.45) is -0.760. The van der Waals surface area contributed by atoms with E-state index >= 15 is 0 Å². The minimum absolute atomic E-state index is 0.104. The van der Waals surface area contributed by atoms with Crippen molar-refractivity contribution < 1.29 is 13.9 Å². The van der Waals surface area contributed by atoms with E-state index in [9.17, 15) is 9.18 Å². The van der Waals surface area contributed by atoms with Gasteiger partial charge in [-0.05, 0) is 17.7 Å². The first kappa shape index (κ1) is 9.71. The fourth-order valence-electron chi connectivity index (χ4n) is 1.06. The molecular formula is C10H11FO2. The van der Waals surface area contributed by atoms with Crippen LogP contribution in [-0.4, -0.2) is 13.4 Å². The van der Waals surface area contributed by atoms with Crippen LogP contribution in [0.3, 0.4) is 0 Å². The van der Waals surface area contributed by atoms with Crippen molar-refractivity contribution in [3.63, 3.8) is 0 Å². The first-order chi connectivity index (χ1) is 6.27. The topological polar surface area (TPSA) is 26.3 Å². The van der Waals surface area contributed by atoms with Crippen molar-refractivity contribution in [1.29, 1.82) is 0 Å². The summed E-state index contributed by atoms with van der Waals surface area (Å²) in [6.45, 7) is 0. The van der Waals surface area contributed by atoms with E-state index in [-0.39, 0.29) is 6.42 Å². The maximum atomic E-state index is 13.2. The van der Waals surface area contributed by atoms with Gasteiger partial charge in [0.05, 0.1) is 7.11 Å². The normalized spacial score (nSPS) is 12.2. The minimum atomic E-state index is -1.23. The molecule has 1 atom stereocenters. The lowest BCUT2D eigenvalue weighted by molar-refractivity contribution is -0.108. The lowest BCUT2D eigenvalue weighted by Crippen LogP contribution is -1.93. The second kappa shape index (κ2) is 4.60. The van der Waals surface area contributed by atoms with Crippen molar-refractivity contribution in [2.45, 2.75) is 12.6 Å². The Morgan fingerprint density at radius 3 is 3.00 bits per heavy atom. The summed E-state index contributed by atoms with van der Waals surface area (Å²) in [6, 6.07) is 6.66. The molecule has 0 N–H and O–H groups in total. The zero-order chi connectivity index (χ0) is 9.68. The van der Waals surface area contributed by atoms with Crippen LogP contribution in [0.5, 0.6) is 5.75 Å². The van der Waals surface area contributed by atoms with Crippen molar-refractivity contribution in [2.75, 3.05) is 7.11 Å². The molecule has 0 saturated carbocycles. The molecule has 1 unspecified atom stereocenters. The summed E-state index contributed by atoms with van der Waals surface area (Å²) in [5, 5.41) is 0. The Hall–Kier alpha value is -1.38. The van der Waals surface area contributed by atoms with Crippen LogP contribution in [0, 0.1) is 0 Å². The van der Waals surface area contributed by atoms with Crippen molar-refractivity contribution in [3.8, 4) is 5.75 Å². The van der Waals surface area contributed by atoms with Gasteiger partial charge in [-0.25, -0.2) is 4.39 Å². The highest BCUT2D eigenvalue weighted by molar-refractivity contribution is 5.51. The number of ether oxygens (including phenoxy) is 1. The van der Waals surface area contributed by atoms with Crippen LogP contribution >= 0.6 is 0 Å². The van der Waals surface area contributed by atoms with Gasteiger partial charge in [-0.2, -0.15) is 0 Å². The Labute approximate surface area is 76.3 Å². The van der Waals surface area contributed by atoms with Gasteiger partial charge in [-0.15, -0.1) is 0 Å². The molecule has 2 nitrogen and oxygen atoms in total. The van der Waals surface area contributed by atoms with Gasteiger partial charge in [-0.1, -0.05) is 12.1 Å². The molecule has 0 amide bonds.